The van der Waals surface area contributed by atoms with Gasteiger partial charge < -0.3 is 130 Å². The summed E-state index contributed by atoms with van der Waals surface area (Å²) in [6, 6.07) is -16.9. The normalized spacial score (nSPS) is 14.9. The van der Waals surface area contributed by atoms with Crippen LogP contribution in [0.2, 0.25) is 0 Å². The van der Waals surface area contributed by atoms with Crippen molar-refractivity contribution in [3.8, 4) is 5.75 Å². The van der Waals surface area contributed by atoms with Gasteiger partial charge >= 0.3 is 17.9 Å². The van der Waals surface area contributed by atoms with E-state index >= 15 is 0 Å². The Labute approximate surface area is 677 Å². The Hall–Kier alpha value is -11.2. The number of thioether (sulfide) groups is 2. The average Bonchev–Trinajstić information content (AvgIpc) is 0.847. The molecule has 0 aliphatic carbocycles. The number of carbonyl (C=O) groups is 19. The predicted molar refractivity (Wildman–Crippen MR) is 422 cm³/mol. The molecule has 32 N–H and O–H groups in total. The number of carboxylic acids is 3. The van der Waals surface area contributed by atoms with Crippen LogP contribution >= 0.6 is 23.5 Å². The Morgan fingerprint density at radius 3 is 1.08 bits per heavy atom. The van der Waals surface area contributed by atoms with Crippen molar-refractivity contribution in [1.29, 1.82) is 0 Å². The molecule has 0 heterocycles. The van der Waals surface area contributed by atoms with Crippen molar-refractivity contribution in [3.05, 3.63) is 29.8 Å². The van der Waals surface area contributed by atoms with Crippen LogP contribution in [0, 0.1) is 11.8 Å². The zero-order chi connectivity index (χ0) is 88.1. The van der Waals surface area contributed by atoms with Gasteiger partial charge in [-0.3, -0.25) is 91.3 Å². The van der Waals surface area contributed by atoms with Crippen molar-refractivity contribution in [1.82, 2.24) is 63.8 Å². The quantitative estimate of drug-likeness (QED) is 0.0164. The van der Waals surface area contributed by atoms with E-state index in [2.05, 4.69) is 68.8 Å². The average molecular weight is 1680 g/mol. The summed E-state index contributed by atoms with van der Waals surface area (Å²) in [4.78, 5) is 259. The molecule has 0 aromatic heterocycles. The highest BCUT2D eigenvalue weighted by atomic mass is 32.2. The van der Waals surface area contributed by atoms with Gasteiger partial charge in [-0.15, -0.1) is 0 Å². The lowest BCUT2D eigenvalue weighted by Crippen LogP contribution is -2.62. The molecule has 116 heavy (non-hydrogen) atoms. The van der Waals surface area contributed by atoms with Crippen LogP contribution in [-0.4, -0.2) is 254 Å². The molecule has 0 saturated carbocycles. The lowest BCUT2D eigenvalue weighted by Gasteiger charge is -2.30. The van der Waals surface area contributed by atoms with Crippen LogP contribution in [0.25, 0.3) is 0 Å². The molecule has 0 radical (unpaired) electrons. The number of phenolic OH excluding ortho intramolecular Hbond substituents is 1. The fourth-order valence-electron chi connectivity index (χ4n) is 11.0. The highest BCUT2D eigenvalue weighted by Crippen LogP contribution is 2.18. The van der Waals surface area contributed by atoms with Crippen LogP contribution < -0.4 is 110 Å². The van der Waals surface area contributed by atoms with Crippen LogP contribution in [0.3, 0.4) is 0 Å². The summed E-state index contributed by atoms with van der Waals surface area (Å²) in [6.45, 7) is 6.47. The number of rotatable bonds is 60. The van der Waals surface area contributed by atoms with Gasteiger partial charge in [0.2, 0.25) is 94.5 Å². The third-order valence-corrected chi connectivity index (χ3v) is 19.2. The van der Waals surface area contributed by atoms with E-state index in [1.807, 2.05) is 0 Å². The Morgan fingerprint density at radius 1 is 0.388 bits per heavy atom. The second kappa shape index (κ2) is 54.6. The van der Waals surface area contributed by atoms with E-state index < -0.39 is 254 Å². The Morgan fingerprint density at radius 2 is 0.716 bits per heavy atom. The molecule has 44 nitrogen and oxygen atoms in total. The largest absolute Gasteiger partial charge is 0.508 e. The van der Waals surface area contributed by atoms with Gasteiger partial charge in [-0.2, -0.15) is 23.5 Å². The third-order valence-electron chi connectivity index (χ3n) is 17.9. The van der Waals surface area contributed by atoms with Gasteiger partial charge in [0.15, 0.2) is 5.96 Å². The van der Waals surface area contributed by atoms with Gasteiger partial charge in [0.25, 0.3) is 0 Å². The minimum Gasteiger partial charge on any atom is -0.508 e. The maximum atomic E-state index is 14.7. The van der Waals surface area contributed by atoms with Crippen LogP contribution in [0.4, 0.5) is 0 Å². The molecule has 0 unspecified atom stereocenters. The van der Waals surface area contributed by atoms with Gasteiger partial charge in [-0.25, -0.2) is 4.79 Å². The molecule has 1 aromatic rings. The van der Waals surface area contributed by atoms with Gasteiger partial charge in [0, 0.05) is 32.2 Å². The number of carboxylic acid groups (broad SMARTS) is 3. The number of nitrogens with two attached hydrogens (primary N) is 8. The van der Waals surface area contributed by atoms with E-state index in [0.29, 0.717) is 0 Å². The molecule has 0 spiro atoms. The van der Waals surface area contributed by atoms with Crippen molar-refractivity contribution < 1.29 is 112 Å². The predicted octanol–water partition coefficient (Wildman–Crippen LogP) is -7.43. The molecule has 0 saturated heterocycles. The molecule has 16 amide bonds. The lowest BCUT2D eigenvalue weighted by molar-refractivity contribution is -0.143. The first kappa shape index (κ1) is 103. The SMILES string of the molecule is CC[C@H](C)[C@H](NC(=O)[C@H](CCC(=O)O)NC(=O)[C@H](CCSC)NC(=O)[C@@H](NC(=O)[C@H](CC(N)=O)NC(=O)[C@H](Cc1ccc(O)cc1)NC(=O)[C@H](CC(N)=O)NC(=O)[C@H](CC(N)=O)NC(=O)[C@H](CCCCN)NC(=O)[C@H](CCSC)NC(=O)[C@H](CCC(=O)O)NC(=O)[C@@H](N)CCC(N)=O)[C@@H](C)CC)C(=O)N[C@@H](CCCN=C(N)N)C(=O)O. The van der Waals surface area contributed by atoms with Crippen molar-refractivity contribution in [2.24, 2.45) is 62.7 Å². The molecule has 0 aliphatic heterocycles. The van der Waals surface area contributed by atoms with E-state index in [9.17, 15) is 112 Å². The number of nitrogens with zero attached hydrogens (tertiary/aromatic N) is 1. The van der Waals surface area contributed by atoms with E-state index in [1.54, 1.807) is 33.3 Å². The summed E-state index contributed by atoms with van der Waals surface area (Å²) in [5, 5.41) is 68.0. The zero-order valence-electron chi connectivity index (χ0n) is 65.7. The highest BCUT2D eigenvalue weighted by Gasteiger charge is 2.40. The maximum Gasteiger partial charge on any atom is 0.326 e. The Balaban J connectivity index is 3.83. The fourth-order valence-corrected chi connectivity index (χ4v) is 11.9. The number of aliphatic imine (C=N–C) groups is 1. The number of aliphatic carboxylic acids is 3. The molecular weight excluding hydrogens is 1570 g/mol. The number of benzene rings is 1. The first-order valence-electron chi connectivity index (χ1n) is 37.2. The summed E-state index contributed by atoms with van der Waals surface area (Å²) < 4.78 is 0. The number of aromatic hydroxyl groups is 1. The number of carbonyl (C=O) groups excluding carboxylic acids is 16. The van der Waals surface area contributed by atoms with Crippen LogP contribution in [0.5, 0.6) is 5.75 Å². The number of guanidine groups is 1. The molecule has 15 atom stereocenters. The third kappa shape index (κ3) is 40.7. The van der Waals surface area contributed by atoms with Gasteiger partial charge in [0.1, 0.15) is 78.3 Å². The van der Waals surface area contributed by atoms with Crippen molar-refractivity contribution >= 4 is 142 Å². The number of phenols is 1. The van der Waals surface area contributed by atoms with Crippen LogP contribution in [-0.2, 0) is 97.5 Å². The minimum atomic E-state index is -2.10. The number of amides is 16. The fraction of sp³-hybridized carbons (Fsp3) is 0.629. The molecular formula is C70H115N21O23S2. The zero-order valence-corrected chi connectivity index (χ0v) is 67.3. The maximum absolute atomic E-state index is 14.7. The van der Waals surface area contributed by atoms with Crippen molar-refractivity contribution in [2.75, 3.05) is 37.1 Å². The second-order valence-electron chi connectivity index (χ2n) is 27.3. The molecule has 1 rings (SSSR count). The number of nitrogens with one attached hydrogen (secondary N) is 12. The highest BCUT2D eigenvalue weighted by molar-refractivity contribution is 7.98. The number of hydrogen-bond acceptors (Lipinski definition) is 25. The second-order valence-corrected chi connectivity index (χ2v) is 29.3. The molecule has 1 aromatic carbocycles. The number of hydrogen-bond donors (Lipinski definition) is 24. The molecule has 0 bridgehead atoms. The van der Waals surface area contributed by atoms with Crippen molar-refractivity contribution in [2.45, 2.75) is 228 Å². The topological polar surface area (TPSA) is 770 Å². The smallest absolute Gasteiger partial charge is 0.326 e. The summed E-state index contributed by atoms with van der Waals surface area (Å²) in [6.07, 6.45) is -3.05. The Bertz CT molecular complexity index is 3580. The van der Waals surface area contributed by atoms with Crippen LogP contribution in [0.15, 0.2) is 29.3 Å². The Kier molecular flexibility index (Phi) is 48.4. The monoisotopic (exact) mass is 1680 g/mol. The molecule has 0 aliphatic rings. The first-order chi connectivity index (χ1) is 54.5. The van der Waals surface area contributed by atoms with E-state index in [-0.39, 0.29) is 112 Å². The number of primary amides is 4. The summed E-state index contributed by atoms with van der Waals surface area (Å²) >= 11 is 2.45. The van der Waals surface area contributed by atoms with Crippen LogP contribution in [0.1, 0.15) is 149 Å². The molecule has 46 heteroatoms. The van der Waals surface area contributed by atoms with Gasteiger partial charge in [-0.05, 0) is 124 Å². The van der Waals surface area contributed by atoms with E-state index in [0.717, 1.165) is 0 Å². The standard InChI is InChI=1S/C70H115N21O23S2/c1-7-34(3)55(67(111)84-43(25-29-116-6)61(105)82-41(20-23-54(99)100)62(106)90-56(35(4)8-2)68(112)85-44(69(113)114)13-11-27-79-70(77)78)91-66(110)48(33-52(76)96)89-63(107)45(30-36-14-16-37(92)17-15-36)86-64(108)47(32-51(75)95)88-65(109)46(31-50(74)94)87-58(102)39(12-9-10-26-71)81-60(104)42(24-28-115-5)83-59(103)40(19-22-53(97)98)80-57(101)38(72)18-21-49(73)93/h14-17,34-35,38-48,55-56,92H,7-13,18-33,71-72H2,1-6H3,(H2,73,93)(H2,74,94)(H2,75,95)(H2,76,96)(H,80,101)(H,81,104)(H,82,105)(H,83,103)(H,84,111)(H,85,112)(H,86,108)(H,87,102)(H,88,109)(H,89,107)(H,90,106)(H,91,110)(H,97,98)(H,99,100)(H,113,114)(H4,77,78,79)/t34-,35-,38-,39-,40-,41-,42-,43-,44-,45-,46-,47-,48-,55-,56-/m0/s1. The van der Waals surface area contributed by atoms with Gasteiger partial charge in [0.05, 0.1) is 25.3 Å². The number of unbranched alkanes of at least 4 members (excludes halogenated alkanes) is 1. The minimum absolute atomic E-state index is 0.0289. The molecule has 0 fully saturated rings. The van der Waals surface area contributed by atoms with E-state index in [4.69, 9.17) is 45.9 Å². The first-order valence-corrected chi connectivity index (χ1v) is 40.0. The lowest BCUT2D eigenvalue weighted by atomic mass is 9.96. The van der Waals surface area contributed by atoms with Gasteiger partial charge in [-0.1, -0.05) is 52.7 Å². The summed E-state index contributed by atoms with van der Waals surface area (Å²) in [5.74, 6) is -23.9. The van der Waals surface area contributed by atoms with E-state index in [1.165, 1.54) is 54.7 Å². The van der Waals surface area contributed by atoms with Crippen molar-refractivity contribution in [3.63, 3.8) is 0 Å². The molecule has 650 valence electrons. The summed E-state index contributed by atoms with van der Waals surface area (Å²) in [7, 11) is 0. The summed E-state index contributed by atoms with van der Waals surface area (Å²) in [5.41, 5.74) is 44.4.